The van der Waals surface area contributed by atoms with Crippen molar-refractivity contribution in [1.82, 2.24) is 4.90 Å². The number of nitrogens with zero attached hydrogens (tertiary/aromatic N) is 1. The molecule has 0 radical (unpaired) electrons. The molecule has 1 aliphatic heterocycles. The molecule has 1 saturated heterocycles. The van der Waals surface area contributed by atoms with Gasteiger partial charge >= 0.3 is 0 Å². The molecule has 0 spiro atoms. The first-order valence-corrected chi connectivity index (χ1v) is 13.7. The second-order valence-electron chi connectivity index (χ2n) is 11.2. The Balaban J connectivity index is 1.20. The molecule has 3 saturated carbocycles. The first kappa shape index (κ1) is 23.7. The third kappa shape index (κ3) is 7.00. The number of likely N-dealkylation sites (tertiary alicyclic amines) is 1. The number of hydrogen-bond acceptors (Lipinski definition) is 3. The zero-order chi connectivity index (χ0) is 21.5. The highest BCUT2D eigenvalue weighted by molar-refractivity contribution is 5.83. The minimum absolute atomic E-state index is 0.191. The van der Waals surface area contributed by atoms with Gasteiger partial charge in [0.2, 0.25) is 0 Å². The number of piperidine rings is 1. The highest BCUT2D eigenvalue weighted by Gasteiger charge is 2.33. The molecule has 0 aromatic heterocycles. The lowest BCUT2D eigenvalue weighted by atomic mass is 9.75. The van der Waals surface area contributed by atoms with E-state index in [1.54, 1.807) is 0 Å². The molecule has 1 unspecified atom stereocenters. The molecule has 4 fully saturated rings. The minimum Gasteiger partial charge on any atom is -0.378 e. The average Bonchev–Trinajstić information content (AvgIpc) is 2.81. The van der Waals surface area contributed by atoms with Gasteiger partial charge in [-0.2, -0.15) is 0 Å². The van der Waals surface area contributed by atoms with E-state index in [1.807, 2.05) is 0 Å². The van der Waals surface area contributed by atoms with Gasteiger partial charge in [0.05, 0.1) is 12.6 Å². The van der Waals surface area contributed by atoms with E-state index in [0.717, 1.165) is 70.1 Å². The normalized spacial score (nSPS) is 32.6. The fraction of sp³-hybridized carbons (Fsp3) is 0.963. The zero-order valence-electron chi connectivity index (χ0n) is 19.7. The number of carbonyl (C=O) groups excluding carboxylic acids is 1. The van der Waals surface area contributed by atoms with E-state index in [-0.39, 0.29) is 5.92 Å². The molecule has 178 valence electrons. The van der Waals surface area contributed by atoms with Gasteiger partial charge in [-0.25, -0.2) is 4.39 Å². The highest BCUT2D eigenvalue weighted by atomic mass is 19.1. The van der Waals surface area contributed by atoms with Crippen molar-refractivity contribution in [2.45, 2.75) is 115 Å². The van der Waals surface area contributed by atoms with Crippen molar-refractivity contribution in [1.29, 1.82) is 0 Å². The van der Waals surface area contributed by atoms with Gasteiger partial charge < -0.3 is 4.74 Å². The average molecular weight is 436 g/mol. The monoisotopic (exact) mass is 435 g/mol. The van der Waals surface area contributed by atoms with E-state index >= 15 is 0 Å². The number of alkyl halides is 1. The van der Waals surface area contributed by atoms with Crippen molar-refractivity contribution in [2.75, 3.05) is 26.2 Å². The van der Waals surface area contributed by atoms with Crippen molar-refractivity contribution in [2.24, 2.45) is 23.7 Å². The molecule has 4 rings (SSSR count). The van der Waals surface area contributed by atoms with Crippen LogP contribution in [0.15, 0.2) is 0 Å². The van der Waals surface area contributed by atoms with Gasteiger partial charge in [-0.1, -0.05) is 38.5 Å². The Kier molecular flexibility index (Phi) is 9.25. The molecule has 4 aliphatic rings. The van der Waals surface area contributed by atoms with Crippen LogP contribution in [0.25, 0.3) is 0 Å². The number of halogens is 1. The lowest BCUT2D eigenvalue weighted by molar-refractivity contribution is -0.128. The second-order valence-corrected chi connectivity index (χ2v) is 11.2. The van der Waals surface area contributed by atoms with Gasteiger partial charge in [0.15, 0.2) is 0 Å². The molecule has 31 heavy (non-hydrogen) atoms. The summed E-state index contributed by atoms with van der Waals surface area (Å²) in [6.07, 6.45) is 18.9. The summed E-state index contributed by atoms with van der Waals surface area (Å²) in [4.78, 5) is 15.2. The van der Waals surface area contributed by atoms with Crippen molar-refractivity contribution in [3.8, 4) is 0 Å². The van der Waals surface area contributed by atoms with Crippen LogP contribution >= 0.6 is 0 Å². The Morgan fingerprint density at radius 1 is 0.839 bits per heavy atom. The van der Waals surface area contributed by atoms with Gasteiger partial charge in [0, 0.05) is 19.1 Å². The fourth-order valence-corrected chi connectivity index (χ4v) is 6.99. The summed E-state index contributed by atoms with van der Waals surface area (Å²) in [5.74, 6) is 2.71. The van der Waals surface area contributed by atoms with Crippen LogP contribution in [0.2, 0.25) is 0 Å². The standard InChI is InChI=1S/C27H46FNO2/c28-25-13-11-21(12-14-25)19-29-17-15-22(26(30)20-29)16-18-31-27(23-7-3-1-4-8-23)24-9-5-2-6-10-24/h21-25,27H,1-20H2. The largest absolute Gasteiger partial charge is 0.378 e. The number of hydrogen-bond donors (Lipinski definition) is 0. The summed E-state index contributed by atoms with van der Waals surface area (Å²) in [6.45, 7) is 3.40. The van der Waals surface area contributed by atoms with E-state index in [9.17, 15) is 9.18 Å². The fourth-order valence-electron chi connectivity index (χ4n) is 6.99. The predicted molar refractivity (Wildman–Crippen MR) is 124 cm³/mol. The number of rotatable bonds is 8. The van der Waals surface area contributed by atoms with Gasteiger partial charge in [0.1, 0.15) is 12.0 Å². The lowest BCUT2D eigenvalue weighted by Crippen LogP contribution is -2.44. The van der Waals surface area contributed by atoms with Crippen molar-refractivity contribution in [3.05, 3.63) is 0 Å². The summed E-state index contributed by atoms with van der Waals surface area (Å²) in [7, 11) is 0. The summed E-state index contributed by atoms with van der Waals surface area (Å²) in [5, 5.41) is 0. The Hall–Kier alpha value is -0.480. The van der Waals surface area contributed by atoms with Crippen LogP contribution in [-0.2, 0) is 9.53 Å². The maximum absolute atomic E-state index is 13.4. The lowest BCUT2D eigenvalue weighted by Gasteiger charge is -2.38. The Morgan fingerprint density at radius 2 is 1.45 bits per heavy atom. The van der Waals surface area contributed by atoms with Gasteiger partial charge in [0.25, 0.3) is 0 Å². The molecule has 0 amide bonds. The van der Waals surface area contributed by atoms with Gasteiger partial charge in [-0.15, -0.1) is 0 Å². The van der Waals surface area contributed by atoms with Crippen LogP contribution in [0.1, 0.15) is 103 Å². The molecule has 0 N–H and O–H groups in total. The molecule has 1 heterocycles. The first-order chi connectivity index (χ1) is 15.2. The number of ketones is 1. The molecular formula is C27H46FNO2. The minimum atomic E-state index is -0.588. The highest BCUT2D eigenvalue weighted by Crippen LogP contribution is 2.37. The Bertz CT molecular complexity index is 517. The third-order valence-electron chi connectivity index (χ3n) is 8.93. The third-order valence-corrected chi connectivity index (χ3v) is 8.93. The summed E-state index contributed by atoms with van der Waals surface area (Å²) >= 11 is 0. The zero-order valence-corrected chi connectivity index (χ0v) is 19.7. The second kappa shape index (κ2) is 12.1. The molecule has 4 heteroatoms. The topological polar surface area (TPSA) is 29.5 Å². The van der Waals surface area contributed by atoms with Crippen molar-refractivity contribution >= 4 is 5.78 Å². The van der Waals surface area contributed by atoms with Crippen LogP contribution in [0.4, 0.5) is 4.39 Å². The van der Waals surface area contributed by atoms with Crippen molar-refractivity contribution in [3.63, 3.8) is 0 Å². The van der Waals surface area contributed by atoms with E-state index < -0.39 is 6.17 Å². The van der Waals surface area contributed by atoms with Crippen molar-refractivity contribution < 1.29 is 13.9 Å². The molecular weight excluding hydrogens is 389 g/mol. The summed E-state index contributed by atoms with van der Waals surface area (Å²) < 4.78 is 20.0. The maximum atomic E-state index is 13.4. The van der Waals surface area contributed by atoms with Crippen LogP contribution in [0.3, 0.4) is 0 Å². The SMILES string of the molecule is O=C1CN(CC2CCC(F)CC2)CCC1CCOC(C1CCCCC1)C1CCCCC1. The molecule has 1 atom stereocenters. The van der Waals surface area contributed by atoms with E-state index in [2.05, 4.69) is 4.90 Å². The smallest absolute Gasteiger partial charge is 0.150 e. The molecule has 0 aromatic carbocycles. The molecule has 0 bridgehead atoms. The van der Waals surface area contributed by atoms with E-state index in [4.69, 9.17) is 4.74 Å². The number of ether oxygens (including phenoxy) is 1. The van der Waals surface area contributed by atoms with E-state index in [0.29, 0.717) is 24.3 Å². The Morgan fingerprint density at radius 3 is 2.03 bits per heavy atom. The molecule has 3 nitrogen and oxygen atoms in total. The predicted octanol–water partition coefficient (Wildman–Crippen LogP) is 6.34. The summed E-state index contributed by atoms with van der Waals surface area (Å²) in [6, 6.07) is 0. The quantitative estimate of drug-likeness (QED) is 0.445. The van der Waals surface area contributed by atoms with Gasteiger partial charge in [-0.3, -0.25) is 9.69 Å². The number of carbonyl (C=O) groups is 1. The summed E-state index contributed by atoms with van der Waals surface area (Å²) in [5.41, 5.74) is 0. The maximum Gasteiger partial charge on any atom is 0.150 e. The first-order valence-electron chi connectivity index (χ1n) is 13.7. The molecule has 3 aliphatic carbocycles. The Labute approximate surface area is 189 Å². The van der Waals surface area contributed by atoms with E-state index in [1.165, 1.54) is 64.2 Å². The van der Waals surface area contributed by atoms with Gasteiger partial charge in [-0.05, 0) is 88.5 Å². The van der Waals surface area contributed by atoms with Crippen LogP contribution in [0.5, 0.6) is 0 Å². The molecule has 0 aromatic rings. The number of Topliss-reactive ketones (excluding diaryl/α,β-unsaturated/α-hetero) is 1. The van der Waals surface area contributed by atoms with Crippen LogP contribution in [-0.4, -0.2) is 49.2 Å². The van der Waals surface area contributed by atoms with Crippen LogP contribution in [0, 0.1) is 23.7 Å². The van der Waals surface area contributed by atoms with Crippen LogP contribution < -0.4 is 0 Å².